The minimum Gasteiger partial charge on any atom is -0.477 e. The molecule has 0 atom stereocenters. The molecule has 5 nitrogen and oxygen atoms in total. The third kappa shape index (κ3) is 4.23. The molecule has 1 aromatic carbocycles. The molecule has 0 radical (unpaired) electrons. The van der Waals surface area contributed by atoms with E-state index in [2.05, 4.69) is 4.98 Å². The first kappa shape index (κ1) is 18.8. The maximum atomic E-state index is 14.9. The summed E-state index contributed by atoms with van der Waals surface area (Å²) in [5.41, 5.74) is 7.69. The van der Waals surface area contributed by atoms with Gasteiger partial charge in [0.1, 0.15) is 11.4 Å². The van der Waals surface area contributed by atoms with E-state index in [1.165, 1.54) is 6.07 Å². The van der Waals surface area contributed by atoms with Crippen molar-refractivity contribution in [3.63, 3.8) is 0 Å². The lowest BCUT2D eigenvalue weighted by Gasteiger charge is -2.08. The molecule has 1 fully saturated rings. The molecule has 6 heteroatoms. The topological polar surface area (TPSA) is 96.2 Å². The largest absolute Gasteiger partial charge is 0.477 e. The second-order valence-corrected chi connectivity index (χ2v) is 6.71. The van der Waals surface area contributed by atoms with Crippen molar-refractivity contribution >= 4 is 5.97 Å². The number of H-pyrrole nitrogens is 1. The average Bonchev–Trinajstić information content (AvgIpc) is 3.48. The van der Waals surface area contributed by atoms with Crippen LogP contribution < -0.4 is 11.3 Å². The molecule has 2 aromatic rings. The number of carboxylic acid groups (broad SMARTS) is 1. The molecule has 0 saturated heterocycles. The number of nitrogens with one attached hydrogen (secondary N) is 1. The molecule has 0 unspecified atom stereocenters. The number of aromatic nitrogens is 1. The number of aryl methyl sites for hydroxylation is 1. The van der Waals surface area contributed by atoms with Crippen molar-refractivity contribution in [3.05, 3.63) is 81.0 Å². The highest BCUT2D eigenvalue weighted by Gasteiger charge is 2.24. The van der Waals surface area contributed by atoms with Gasteiger partial charge in [0.05, 0.1) is 0 Å². The molecular weight excluding hydrogens is 347 g/mol. The highest BCUT2D eigenvalue weighted by atomic mass is 19.1. The summed E-state index contributed by atoms with van der Waals surface area (Å²) in [6, 6.07) is 10.4. The highest BCUT2D eigenvalue weighted by molar-refractivity contribution is 5.87. The third-order valence-corrected chi connectivity index (χ3v) is 4.66. The van der Waals surface area contributed by atoms with Gasteiger partial charge in [-0.05, 0) is 54.0 Å². The summed E-state index contributed by atoms with van der Waals surface area (Å²) in [5, 5.41) is 9.33. The predicted molar refractivity (Wildman–Crippen MR) is 102 cm³/mol. The smallest absolute Gasteiger partial charge is 0.341 e. The van der Waals surface area contributed by atoms with Crippen LogP contribution in [0.4, 0.5) is 4.39 Å². The van der Waals surface area contributed by atoms with Crippen LogP contribution in [0.3, 0.4) is 0 Å². The van der Waals surface area contributed by atoms with Crippen molar-refractivity contribution in [2.24, 2.45) is 5.73 Å². The molecule has 0 spiro atoms. The van der Waals surface area contributed by atoms with Crippen molar-refractivity contribution < 1.29 is 14.3 Å². The lowest BCUT2D eigenvalue weighted by Crippen LogP contribution is -2.15. The van der Waals surface area contributed by atoms with Gasteiger partial charge in [-0.1, -0.05) is 30.3 Å². The van der Waals surface area contributed by atoms with Gasteiger partial charge in [-0.3, -0.25) is 4.79 Å². The molecule has 1 aliphatic carbocycles. The van der Waals surface area contributed by atoms with Crippen LogP contribution in [-0.2, 0) is 6.54 Å². The van der Waals surface area contributed by atoms with Crippen molar-refractivity contribution in [2.45, 2.75) is 32.2 Å². The Morgan fingerprint density at radius 2 is 1.93 bits per heavy atom. The van der Waals surface area contributed by atoms with E-state index in [9.17, 15) is 19.1 Å². The first-order valence-corrected chi connectivity index (χ1v) is 8.74. The first-order valence-electron chi connectivity index (χ1n) is 8.74. The fraction of sp³-hybridized carbons (Fsp3) is 0.238. The molecule has 1 aromatic heterocycles. The number of aromatic amines is 1. The summed E-state index contributed by atoms with van der Waals surface area (Å²) in [7, 11) is 0. The molecule has 3 rings (SSSR count). The van der Waals surface area contributed by atoms with Gasteiger partial charge in [0, 0.05) is 18.3 Å². The zero-order valence-corrected chi connectivity index (χ0v) is 15.0. The van der Waals surface area contributed by atoms with E-state index in [0.717, 1.165) is 30.2 Å². The number of halogens is 1. The van der Waals surface area contributed by atoms with Crippen molar-refractivity contribution in [2.75, 3.05) is 0 Å². The Hall–Kier alpha value is -2.99. The fourth-order valence-electron chi connectivity index (χ4n) is 3.05. The van der Waals surface area contributed by atoms with Gasteiger partial charge in [-0.25, -0.2) is 9.18 Å². The van der Waals surface area contributed by atoms with Crippen LogP contribution >= 0.6 is 0 Å². The zero-order valence-electron chi connectivity index (χ0n) is 15.0. The Morgan fingerprint density at radius 1 is 1.26 bits per heavy atom. The van der Waals surface area contributed by atoms with E-state index < -0.39 is 22.9 Å². The Bertz CT molecular complexity index is 991. The van der Waals surface area contributed by atoms with E-state index in [1.807, 2.05) is 12.1 Å². The lowest BCUT2D eigenvalue weighted by atomic mass is 9.99. The van der Waals surface area contributed by atoms with Crippen LogP contribution in [0.25, 0.3) is 11.1 Å². The molecule has 4 N–H and O–H groups in total. The van der Waals surface area contributed by atoms with Crippen LogP contribution in [0.15, 0.2) is 47.4 Å². The van der Waals surface area contributed by atoms with E-state index in [0.29, 0.717) is 23.2 Å². The maximum absolute atomic E-state index is 14.9. The third-order valence-electron chi connectivity index (χ3n) is 4.66. The molecular formula is C21H21FN2O3. The second kappa shape index (κ2) is 7.72. The minimum absolute atomic E-state index is 0.189. The van der Waals surface area contributed by atoms with Crippen molar-refractivity contribution in [1.82, 2.24) is 4.98 Å². The van der Waals surface area contributed by atoms with Gasteiger partial charge < -0.3 is 15.8 Å². The number of aromatic carboxylic acids is 1. The molecule has 1 aliphatic rings. The second-order valence-electron chi connectivity index (χ2n) is 6.71. The number of carboxylic acids is 1. The van der Waals surface area contributed by atoms with E-state index >= 15 is 0 Å². The standard InChI is InChI=1S/C21H21FN2O3/c1-12-8-16(14-6-7-14)9-17(21(26)27)20(25)24-11-18(22)19(12)15-4-2-13(10-23)3-5-15/h2-5,8-9,11,14H,6-7,10,23H2,1H3,(H,24,25)(H,26,27). The van der Waals surface area contributed by atoms with Crippen molar-refractivity contribution in [3.8, 4) is 11.1 Å². The van der Waals surface area contributed by atoms with Crippen LogP contribution in [0.2, 0.25) is 0 Å². The average molecular weight is 368 g/mol. The molecule has 1 heterocycles. The Balaban J connectivity index is 2.32. The summed E-state index contributed by atoms with van der Waals surface area (Å²) in [6.07, 6.45) is 2.75. The normalized spacial score (nSPS) is 13.1. The van der Waals surface area contributed by atoms with Crippen LogP contribution in [0.1, 0.15) is 45.8 Å². The molecule has 0 aliphatic heterocycles. The van der Waals surface area contributed by atoms with Gasteiger partial charge >= 0.3 is 5.97 Å². The fourth-order valence-corrected chi connectivity index (χ4v) is 3.05. The summed E-state index contributed by atoms with van der Waals surface area (Å²) in [6.45, 7) is 2.17. The van der Waals surface area contributed by atoms with Gasteiger partial charge in [-0.15, -0.1) is 0 Å². The number of nitrogens with two attached hydrogens (primary N) is 1. The number of hydrogen-bond donors (Lipinski definition) is 3. The highest BCUT2D eigenvalue weighted by Crippen LogP contribution is 2.40. The van der Waals surface area contributed by atoms with Gasteiger partial charge in [0.15, 0.2) is 0 Å². The number of hydrogen-bond acceptors (Lipinski definition) is 3. The SMILES string of the molecule is Cc1cc(C2CC2)cc(C(=O)O)c(=O)[nH]cc(F)c1-c1ccc(CN)cc1. The molecule has 0 amide bonds. The summed E-state index contributed by atoms with van der Waals surface area (Å²) < 4.78 is 14.9. The number of rotatable bonds is 4. The van der Waals surface area contributed by atoms with Gasteiger partial charge in [-0.2, -0.15) is 0 Å². The monoisotopic (exact) mass is 368 g/mol. The van der Waals surface area contributed by atoms with E-state index in [4.69, 9.17) is 5.73 Å². The zero-order chi connectivity index (χ0) is 19.6. The predicted octanol–water partition coefficient (Wildman–Crippen LogP) is 3.65. The van der Waals surface area contributed by atoms with Crippen molar-refractivity contribution in [1.29, 1.82) is 0 Å². The number of carbonyl (C=O) groups is 1. The van der Waals surface area contributed by atoms with Gasteiger partial charge in [0.2, 0.25) is 0 Å². The quantitative estimate of drug-likeness (QED) is 0.767. The lowest BCUT2D eigenvalue weighted by molar-refractivity contribution is 0.0695. The van der Waals surface area contributed by atoms with Gasteiger partial charge in [0.25, 0.3) is 5.56 Å². The Kier molecular flexibility index (Phi) is 5.37. The molecule has 27 heavy (non-hydrogen) atoms. The minimum atomic E-state index is -1.34. The Morgan fingerprint density at radius 3 is 2.48 bits per heavy atom. The van der Waals surface area contributed by atoms with E-state index in [1.54, 1.807) is 25.1 Å². The molecule has 140 valence electrons. The molecule has 1 saturated carbocycles. The number of benzene rings is 1. The van der Waals surface area contributed by atoms with Crippen LogP contribution in [-0.4, -0.2) is 16.1 Å². The van der Waals surface area contributed by atoms with E-state index in [-0.39, 0.29) is 5.92 Å². The summed E-state index contributed by atoms with van der Waals surface area (Å²) in [4.78, 5) is 25.9. The van der Waals surface area contributed by atoms with Crippen LogP contribution in [0.5, 0.6) is 0 Å². The summed E-state index contributed by atoms with van der Waals surface area (Å²) >= 11 is 0. The maximum Gasteiger partial charge on any atom is 0.341 e. The Labute approximate surface area is 156 Å². The first-order chi connectivity index (χ1) is 12.9. The van der Waals surface area contributed by atoms with Crippen LogP contribution in [0, 0.1) is 12.7 Å². The summed E-state index contributed by atoms with van der Waals surface area (Å²) in [5.74, 6) is -1.79. The molecule has 0 bridgehead atoms.